The number of oxime groups is 1. The van der Waals surface area contributed by atoms with Crippen LogP contribution in [-0.4, -0.2) is 64.4 Å². The lowest BCUT2D eigenvalue weighted by Gasteiger charge is -2.10. The van der Waals surface area contributed by atoms with E-state index in [0.29, 0.717) is 45.6 Å². The van der Waals surface area contributed by atoms with Crippen molar-refractivity contribution in [1.29, 1.82) is 0 Å². The summed E-state index contributed by atoms with van der Waals surface area (Å²) in [5, 5.41) is 10.1. The Balaban J connectivity index is 1.22. The van der Waals surface area contributed by atoms with Crippen molar-refractivity contribution in [2.45, 2.75) is 42.1 Å². The summed E-state index contributed by atoms with van der Waals surface area (Å²) in [7, 11) is -3.37. The zero-order valence-corrected chi connectivity index (χ0v) is 22.8. The molecule has 6 rings (SSSR count). The zero-order valence-electron chi connectivity index (χ0n) is 21.2. The van der Waals surface area contributed by atoms with E-state index in [2.05, 4.69) is 35.7 Å². The number of ether oxygens (including phenoxy) is 1. The Kier molecular flexibility index (Phi) is 7.36. The maximum absolute atomic E-state index is 13.4. The van der Waals surface area contributed by atoms with Gasteiger partial charge in [0, 0.05) is 30.6 Å². The third kappa shape index (κ3) is 5.93. The molecule has 4 aromatic rings. The van der Waals surface area contributed by atoms with Gasteiger partial charge in [-0.2, -0.15) is 0 Å². The fraction of sp³-hybridized carbons (Fsp3) is 0.308. The van der Waals surface area contributed by atoms with Crippen molar-refractivity contribution in [3.05, 3.63) is 66.2 Å². The minimum atomic E-state index is -3.37. The molecule has 1 saturated carbocycles. The van der Waals surface area contributed by atoms with Crippen LogP contribution in [0.1, 0.15) is 30.7 Å². The van der Waals surface area contributed by atoms with E-state index in [1.54, 1.807) is 30.6 Å². The van der Waals surface area contributed by atoms with Crippen molar-refractivity contribution in [1.82, 2.24) is 25.3 Å². The lowest BCUT2D eigenvalue weighted by Crippen LogP contribution is -2.24. The van der Waals surface area contributed by atoms with Crippen molar-refractivity contribution in [3.63, 3.8) is 0 Å². The van der Waals surface area contributed by atoms with Gasteiger partial charge in [-0.15, -0.1) is 0 Å². The molecule has 206 valence electrons. The topological polar surface area (TPSA) is 158 Å². The molecule has 4 heterocycles. The van der Waals surface area contributed by atoms with Crippen LogP contribution in [0.2, 0.25) is 0 Å². The molecule has 0 radical (unpaired) electrons. The highest BCUT2D eigenvalue weighted by Crippen LogP contribution is 2.33. The number of hydrogen-bond donors (Lipinski definition) is 2. The van der Waals surface area contributed by atoms with E-state index in [1.807, 2.05) is 0 Å². The van der Waals surface area contributed by atoms with Crippen molar-refractivity contribution in [3.8, 4) is 5.88 Å². The number of hydrogen-bond acceptors (Lipinski definition) is 12. The highest BCUT2D eigenvalue weighted by atomic mass is 32.2. The number of sulfone groups is 1. The third-order valence-electron chi connectivity index (χ3n) is 6.36. The van der Waals surface area contributed by atoms with Crippen LogP contribution in [0.15, 0.2) is 64.9 Å². The van der Waals surface area contributed by atoms with E-state index in [-0.39, 0.29) is 28.6 Å². The molecule has 1 aliphatic heterocycles. The highest BCUT2D eigenvalue weighted by molar-refractivity contribution is 7.92. The van der Waals surface area contributed by atoms with Gasteiger partial charge in [-0.3, -0.25) is 10.1 Å². The van der Waals surface area contributed by atoms with Gasteiger partial charge < -0.3 is 14.9 Å². The molecular weight excluding hydrogens is 554 g/mol. The van der Waals surface area contributed by atoms with Crippen LogP contribution in [0.4, 0.5) is 5.13 Å². The monoisotopic (exact) mass is 579 g/mol. The van der Waals surface area contributed by atoms with Crippen molar-refractivity contribution < 1.29 is 22.8 Å². The first-order valence-corrected chi connectivity index (χ1v) is 15.1. The van der Waals surface area contributed by atoms with Crippen LogP contribution in [0.25, 0.3) is 10.3 Å². The Morgan fingerprint density at radius 3 is 2.60 bits per heavy atom. The summed E-state index contributed by atoms with van der Waals surface area (Å²) in [6.07, 6.45) is 5.46. The third-order valence-corrected chi connectivity index (χ3v) is 9.52. The SMILES string of the molecule is O=C(Nc1nc2ccc(O[C@H]3CCNC3)nc2s1)/C(=N/OCc1ncccn1)c1ccc(S(=O)(=O)C2CC2)cc1. The van der Waals surface area contributed by atoms with Gasteiger partial charge in [0.25, 0.3) is 5.91 Å². The van der Waals surface area contributed by atoms with Gasteiger partial charge in [0.2, 0.25) is 5.88 Å². The van der Waals surface area contributed by atoms with Gasteiger partial charge in [0.1, 0.15) is 16.5 Å². The average molecular weight is 580 g/mol. The van der Waals surface area contributed by atoms with E-state index in [9.17, 15) is 13.2 Å². The summed E-state index contributed by atoms with van der Waals surface area (Å²) in [5.41, 5.74) is 0.931. The van der Waals surface area contributed by atoms with E-state index in [4.69, 9.17) is 9.57 Å². The largest absolute Gasteiger partial charge is 0.473 e. The molecule has 1 amide bonds. The predicted molar refractivity (Wildman–Crippen MR) is 148 cm³/mol. The molecule has 0 unspecified atom stereocenters. The lowest BCUT2D eigenvalue weighted by molar-refractivity contribution is -0.110. The lowest BCUT2D eigenvalue weighted by atomic mass is 10.1. The Hall–Kier alpha value is -4.01. The molecule has 2 N–H and O–H groups in total. The molecule has 40 heavy (non-hydrogen) atoms. The zero-order chi connectivity index (χ0) is 27.5. The van der Waals surface area contributed by atoms with Crippen LogP contribution < -0.4 is 15.4 Å². The van der Waals surface area contributed by atoms with Gasteiger partial charge in [-0.25, -0.2) is 28.4 Å². The molecule has 2 fully saturated rings. The number of carbonyl (C=O) groups is 1. The Labute approximate surface area is 233 Å². The first-order valence-electron chi connectivity index (χ1n) is 12.7. The summed E-state index contributed by atoms with van der Waals surface area (Å²) in [4.78, 5) is 36.8. The summed E-state index contributed by atoms with van der Waals surface area (Å²) in [5.74, 6) is 0.308. The van der Waals surface area contributed by atoms with E-state index >= 15 is 0 Å². The number of rotatable bonds is 10. The number of carbonyl (C=O) groups excluding carboxylic acids is 1. The number of benzene rings is 1. The van der Waals surface area contributed by atoms with Gasteiger partial charge in [0.15, 0.2) is 33.1 Å². The number of fused-ring (bicyclic) bond motifs is 1. The average Bonchev–Trinajstić information content (AvgIpc) is 3.58. The molecule has 0 bridgehead atoms. The maximum atomic E-state index is 13.4. The number of pyridine rings is 1. The molecular formula is C26H25N7O5S2. The number of nitrogens with zero attached hydrogens (tertiary/aromatic N) is 5. The normalized spacial score (nSPS) is 17.6. The summed E-state index contributed by atoms with van der Waals surface area (Å²) >= 11 is 1.20. The van der Waals surface area contributed by atoms with Gasteiger partial charge >= 0.3 is 0 Å². The van der Waals surface area contributed by atoms with Gasteiger partial charge in [-0.05, 0) is 50.1 Å². The summed E-state index contributed by atoms with van der Waals surface area (Å²) in [6, 6.07) is 11.3. The standard InChI is InChI=1S/C26H25N7O5S2/c34-24(32-26-30-20-8-9-22(31-25(20)39-26)38-17-10-13-27-14-17)23(33-37-15-21-28-11-1-12-29-21)16-2-4-18(5-3-16)40(35,36)19-6-7-19/h1-5,8-9,11-12,17,19,27H,6-7,10,13-15H2,(H,30,32,34)/b33-23+/t17-/m0/s1. The highest BCUT2D eigenvalue weighted by Gasteiger charge is 2.36. The minimum Gasteiger partial charge on any atom is -0.473 e. The number of anilines is 1. The Morgan fingerprint density at radius 1 is 1.07 bits per heavy atom. The first kappa shape index (κ1) is 26.2. The van der Waals surface area contributed by atoms with E-state index in [1.165, 1.54) is 35.6 Å². The van der Waals surface area contributed by atoms with Crippen LogP contribution in [0, 0.1) is 0 Å². The van der Waals surface area contributed by atoms with E-state index in [0.717, 1.165) is 19.5 Å². The second kappa shape index (κ2) is 11.2. The molecule has 12 nitrogen and oxygen atoms in total. The van der Waals surface area contributed by atoms with Crippen molar-refractivity contribution in [2.24, 2.45) is 5.16 Å². The molecule has 1 saturated heterocycles. The number of amides is 1. The van der Waals surface area contributed by atoms with Gasteiger partial charge in [0.05, 0.1) is 10.1 Å². The molecule has 14 heteroatoms. The molecule has 0 spiro atoms. The number of nitrogens with one attached hydrogen (secondary N) is 2. The fourth-order valence-electron chi connectivity index (χ4n) is 4.13. The molecule has 2 aliphatic rings. The first-order chi connectivity index (χ1) is 19.5. The smallest absolute Gasteiger partial charge is 0.280 e. The fourth-order valence-corrected chi connectivity index (χ4v) is 6.61. The summed E-state index contributed by atoms with van der Waals surface area (Å²) < 4.78 is 31.2. The number of aromatic nitrogens is 4. The molecule has 1 atom stereocenters. The van der Waals surface area contributed by atoms with Crippen LogP contribution in [-0.2, 0) is 26.1 Å². The molecule has 3 aromatic heterocycles. The Morgan fingerprint density at radius 2 is 1.88 bits per heavy atom. The Bertz CT molecular complexity index is 1650. The number of thiazole rings is 1. The maximum Gasteiger partial charge on any atom is 0.280 e. The van der Waals surface area contributed by atoms with Crippen molar-refractivity contribution in [2.75, 3.05) is 18.4 Å². The van der Waals surface area contributed by atoms with Crippen LogP contribution in [0.3, 0.4) is 0 Å². The second-order valence-electron chi connectivity index (χ2n) is 9.33. The molecule has 1 aliphatic carbocycles. The van der Waals surface area contributed by atoms with E-state index < -0.39 is 15.7 Å². The quantitative estimate of drug-likeness (QED) is 0.211. The van der Waals surface area contributed by atoms with Crippen LogP contribution >= 0.6 is 11.3 Å². The molecule has 1 aromatic carbocycles. The van der Waals surface area contributed by atoms with Crippen molar-refractivity contribution >= 4 is 48.3 Å². The van der Waals surface area contributed by atoms with Crippen LogP contribution in [0.5, 0.6) is 5.88 Å². The minimum absolute atomic E-state index is 0.0590. The predicted octanol–water partition coefficient (Wildman–Crippen LogP) is 2.72. The van der Waals surface area contributed by atoms with Gasteiger partial charge in [-0.1, -0.05) is 28.6 Å². The summed E-state index contributed by atoms with van der Waals surface area (Å²) in [6.45, 7) is 1.63. The second-order valence-corrected chi connectivity index (χ2v) is 12.5.